The second kappa shape index (κ2) is 12.6. The molecule has 14 heteroatoms. The van der Waals surface area contributed by atoms with E-state index in [1.807, 2.05) is 18.2 Å². The molecule has 6 rings (SSSR count). The lowest BCUT2D eigenvalue weighted by Gasteiger charge is -2.46. The summed E-state index contributed by atoms with van der Waals surface area (Å²) in [6.45, 7) is 5.09. The van der Waals surface area contributed by atoms with Crippen LogP contribution in [-0.2, 0) is 37.9 Å². The van der Waals surface area contributed by atoms with E-state index in [0.717, 1.165) is 25.1 Å². The summed E-state index contributed by atoms with van der Waals surface area (Å²) in [6, 6.07) is 4.07. The van der Waals surface area contributed by atoms with Gasteiger partial charge in [0, 0.05) is 24.2 Å². The molecule has 2 aliphatic carbocycles. The molecular weight excluding hydrogens is 656 g/mol. The van der Waals surface area contributed by atoms with Gasteiger partial charge in [-0.15, -0.1) is 0 Å². The van der Waals surface area contributed by atoms with Gasteiger partial charge < -0.3 is 19.1 Å². The van der Waals surface area contributed by atoms with Crippen LogP contribution < -0.4 is 4.90 Å². The molecule has 4 aliphatic rings. The van der Waals surface area contributed by atoms with Crippen molar-refractivity contribution in [2.75, 3.05) is 32.2 Å². The molecule has 264 valence electrons. The van der Waals surface area contributed by atoms with Crippen molar-refractivity contribution in [3.8, 4) is 0 Å². The zero-order valence-corrected chi connectivity index (χ0v) is 27.5. The Bertz CT molecular complexity index is 1660. The largest absolute Gasteiger partial charge is 0.496 e. The number of amides is 1. The third-order valence-corrected chi connectivity index (χ3v) is 10.4. The molecule has 3 atom stereocenters. The zero-order valence-electron chi connectivity index (χ0n) is 27.5. The molecule has 2 aliphatic heterocycles. The maximum absolute atomic E-state index is 13.6. The van der Waals surface area contributed by atoms with E-state index in [9.17, 15) is 35.9 Å². The van der Waals surface area contributed by atoms with Crippen LogP contribution in [0.4, 0.5) is 37.0 Å². The topological polar surface area (TPSA) is 81.2 Å². The van der Waals surface area contributed by atoms with Crippen molar-refractivity contribution in [3.05, 3.63) is 76.2 Å². The van der Waals surface area contributed by atoms with Gasteiger partial charge in [0.05, 0.1) is 49.5 Å². The molecule has 3 heterocycles. The van der Waals surface area contributed by atoms with E-state index in [1.54, 1.807) is 7.11 Å². The Morgan fingerprint density at radius 1 is 1.04 bits per heavy atom. The molecule has 2 aromatic rings. The van der Waals surface area contributed by atoms with E-state index in [2.05, 4.69) is 17.9 Å². The molecule has 3 fully saturated rings. The number of halogens is 6. The number of hydrogen-bond donors (Lipinski definition) is 0. The third kappa shape index (κ3) is 6.58. The number of aromatic nitrogens is 1. The van der Waals surface area contributed by atoms with E-state index in [4.69, 9.17) is 19.2 Å². The second-order valence-corrected chi connectivity index (χ2v) is 13.4. The van der Waals surface area contributed by atoms with Crippen LogP contribution in [0.25, 0.3) is 5.57 Å². The number of ether oxygens (including phenoxy) is 3. The number of carbonyl (C=O) groups is 2. The minimum atomic E-state index is -5.05. The minimum absolute atomic E-state index is 0.0476. The number of methoxy groups -OCH3 is 2. The molecule has 1 amide bonds. The minimum Gasteiger partial charge on any atom is -0.496 e. The summed E-state index contributed by atoms with van der Waals surface area (Å²) in [5, 5.41) is 0. The van der Waals surface area contributed by atoms with Crippen LogP contribution in [0, 0.1) is 17.3 Å². The fourth-order valence-corrected chi connectivity index (χ4v) is 7.13. The van der Waals surface area contributed by atoms with E-state index in [-0.39, 0.29) is 35.8 Å². The number of cyclic esters (lactones) is 1. The Balaban J connectivity index is 1.35. The molecular formula is C35H37F6N3O5. The van der Waals surface area contributed by atoms with Gasteiger partial charge in [-0.3, -0.25) is 9.69 Å². The lowest BCUT2D eigenvalue weighted by molar-refractivity contribution is -0.151. The number of hydrogen-bond acceptors (Lipinski definition) is 7. The van der Waals surface area contributed by atoms with Crippen molar-refractivity contribution < 1.29 is 50.1 Å². The standard InChI is InChI=1S/C35H37F6N3O5/c1-19-30(20-12-23(34(36,37)38)16-24(13-20)35(39,40)41)49-32(46)44(19)18-27-25(6-7-29(42-27)43-10-5-11-43)26-17-33(2,9-8-28(26)47-3)22-14-21(15-22)31(45)48-4/h6-8,12-13,16-17,19,21-22,30H,5,9-11,14-15,18H2,1-4H3/t19-,21-,22+,30-,33?/m0/s1. The van der Waals surface area contributed by atoms with Gasteiger partial charge in [0.2, 0.25) is 0 Å². The number of benzene rings is 1. The van der Waals surface area contributed by atoms with Crippen LogP contribution in [0.5, 0.6) is 0 Å². The Kier molecular flexibility index (Phi) is 8.89. The molecule has 0 spiro atoms. The van der Waals surface area contributed by atoms with Crippen LogP contribution in [0.15, 0.2) is 48.2 Å². The summed E-state index contributed by atoms with van der Waals surface area (Å²) >= 11 is 0. The summed E-state index contributed by atoms with van der Waals surface area (Å²) in [5.74, 6) is 1.08. The smallest absolute Gasteiger partial charge is 0.416 e. The summed E-state index contributed by atoms with van der Waals surface area (Å²) < 4.78 is 98.0. The zero-order chi connectivity index (χ0) is 35.5. The van der Waals surface area contributed by atoms with Crippen molar-refractivity contribution in [2.45, 2.75) is 70.6 Å². The Morgan fingerprint density at radius 2 is 1.69 bits per heavy atom. The Hall–Kier alpha value is -4.23. The van der Waals surface area contributed by atoms with Gasteiger partial charge in [0.1, 0.15) is 17.7 Å². The number of allylic oxidation sites excluding steroid dienone is 3. The molecule has 1 aromatic heterocycles. The lowest BCUT2D eigenvalue weighted by Crippen LogP contribution is -2.41. The first-order valence-electron chi connectivity index (χ1n) is 16.1. The predicted molar refractivity (Wildman–Crippen MR) is 166 cm³/mol. The number of anilines is 1. The van der Waals surface area contributed by atoms with Gasteiger partial charge >= 0.3 is 24.4 Å². The molecule has 1 saturated carbocycles. The predicted octanol–water partition coefficient (Wildman–Crippen LogP) is 7.93. The number of nitrogens with zero attached hydrogens (tertiary/aromatic N) is 3. The summed E-state index contributed by atoms with van der Waals surface area (Å²) in [5.41, 5.74) is -1.85. The van der Waals surface area contributed by atoms with E-state index in [1.165, 1.54) is 18.9 Å². The lowest BCUT2D eigenvalue weighted by atomic mass is 9.58. The first kappa shape index (κ1) is 34.6. The summed E-state index contributed by atoms with van der Waals surface area (Å²) in [4.78, 5) is 33.7. The molecule has 1 unspecified atom stereocenters. The SMILES string of the molecule is COC1=CCC(C)([C@H]2C[C@@H](C(=O)OC)C2)C=C1c1ccc(N2CCC2)nc1CN1C(=O)O[C@H](c2cc(C(F)(F)F)cc(C(F)(F)F)c2)[C@@H]1C. The highest BCUT2D eigenvalue weighted by atomic mass is 19.4. The number of pyridine rings is 1. The van der Waals surface area contributed by atoms with Crippen LogP contribution in [-0.4, -0.2) is 55.3 Å². The van der Waals surface area contributed by atoms with Crippen molar-refractivity contribution in [2.24, 2.45) is 17.3 Å². The van der Waals surface area contributed by atoms with Gasteiger partial charge in [-0.2, -0.15) is 26.3 Å². The maximum Gasteiger partial charge on any atom is 0.416 e. The summed E-state index contributed by atoms with van der Waals surface area (Å²) in [7, 11) is 2.93. The second-order valence-electron chi connectivity index (χ2n) is 13.4. The molecule has 0 N–H and O–H groups in total. The van der Waals surface area contributed by atoms with Crippen LogP contribution in [0.1, 0.15) is 73.6 Å². The van der Waals surface area contributed by atoms with E-state index in [0.29, 0.717) is 54.2 Å². The molecule has 1 aromatic carbocycles. The first-order valence-corrected chi connectivity index (χ1v) is 16.1. The molecule has 2 saturated heterocycles. The number of carbonyl (C=O) groups excluding carboxylic acids is 2. The average molecular weight is 694 g/mol. The molecule has 49 heavy (non-hydrogen) atoms. The van der Waals surface area contributed by atoms with Crippen molar-refractivity contribution in [1.82, 2.24) is 9.88 Å². The highest BCUT2D eigenvalue weighted by Gasteiger charge is 2.47. The monoisotopic (exact) mass is 693 g/mol. The number of rotatable bonds is 8. The first-order chi connectivity index (χ1) is 23.0. The normalized spacial score (nSPS) is 27.1. The van der Waals surface area contributed by atoms with Gasteiger partial charge in [-0.25, -0.2) is 9.78 Å². The fraction of sp³-hybridized carbons (Fsp3) is 0.514. The number of esters is 1. The highest BCUT2D eigenvalue weighted by Crippen LogP contribution is 2.53. The van der Waals surface area contributed by atoms with Gasteiger partial charge in [-0.05, 0) is 85.9 Å². The van der Waals surface area contributed by atoms with E-state index < -0.39 is 47.3 Å². The molecule has 0 radical (unpaired) electrons. The molecule has 0 bridgehead atoms. The molecule has 8 nitrogen and oxygen atoms in total. The highest BCUT2D eigenvalue weighted by molar-refractivity contribution is 5.81. The number of alkyl halides is 6. The van der Waals surface area contributed by atoms with Gasteiger partial charge in [-0.1, -0.05) is 13.0 Å². The average Bonchev–Trinajstić information content (AvgIpc) is 3.27. The van der Waals surface area contributed by atoms with Crippen LogP contribution >= 0.6 is 0 Å². The van der Waals surface area contributed by atoms with Crippen molar-refractivity contribution >= 4 is 23.5 Å². The Labute approximate surface area is 279 Å². The van der Waals surface area contributed by atoms with E-state index >= 15 is 0 Å². The summed E-state index contributed by atoms with van der Waals surface area (Å²) in [6.07, 6.45) is -5.28. The quantitative estimate of drug-likeness (QED) is 0.205. The third-order valence-electron chi connectivity index (χ3n) is 10.4. The van der Waals surface area contributed by atoms with Crippen molar-refractivity contribution in [3.63, 3.8) is 0 Å². The van der Waals surface area contributed by atoms with Crippen LogP contribution in [0.3, 0.4) is 0 Å². The fourth-order valence-electron chi connectivity index (χ4n) is 7.13. The van der Waals surface area contributed by atoms with Crippen molar-refractivity contribution in [1.29, 1.82) is 0 Å². The van der Waals surface area contributed by atoms with Crippen LogP contribution in [0.2, 0.25) is 0 Å². The maximum atomic E-state index is 13.6. The Morgan fingerprint density at radius 3 is 2.24 bits per heavy atom. The van der Waals surface area contributed by atoms with Gasteiger partial charge in [0.25, 0.3) is 0 Å². The van der Waals surface area contributed by atoms with Gasteiger partial charge in [0.15, 0.2) is 0 Å².